The van der Waals surface area contributed by atoms with E-state index in [1.165, 1.54) is 0 Å². The molecule has 2 aromatic carbocycles. The van der Waals surface area contributed by atoms with E-state index in [0.29, 0.717) is 18.1 Å². The Morgan fingerprint density at radius 1 is 1.06 bits per heavy atom. The number of anilines is 1. The number of ether oxygens (including phenoxy) is 1. The number of hydrogen-bond donors (Lipinski definition) is 1. The quantitative estimate of drug-likeness (QED) is 0.384. The van der Waals surface area contributed by atoms with Crippen LogP contribution in [-0.2, 0) is 20.9 Å². The summed E-state index contributed by atoms with van der Waals surface area (Å²) in [5.74, 6) is -0.254. The Hall–Kier alpha value is -2.70. The van der Waals surface area contributed by atoms with E-state index in [1.807, 2.05) is 51.1 Å². The van der Waals surface area contributed by atoms with Crippen LogP contribution in [0.15, 0.2) is 42.5 Å². The third kappa shape index (κ3) is 6.17. The number of nitrogens with zero attached hydrogens (tertiary/aromatic N) is 1. The van der Waals surface area contributed by atoms with Crippen LogP contribution in [0.25, 0.3) is 0 Å². The molecule has 1 unspecified atom stereocenters. The summed E-state index contributed by atoms with van der Waals surface area (Å²) in [5.41, 5.74) is 3.83. The maximum atomic E-state index is 13.4. The average molecular weight is 455 g/mol. The zero-order valence-electron chi connectivity index (χ0n) is 19.8. The van der Waals surface area contributed by atoms with Gasteiger partial charge in [-0.15, -0.1) is 0 Å². The maximum absolute atomic E-state index is 13.4. The first-order chi connectivity index (χ1) is 15.3. The molecular formula is C26H35N2O3P. The Morgan fingerprint density at radius 2 is 1.66 bits per heavy atom. The van der Waals surface area contributed by atoms with Gasteiger partial charge in [0.1, 0.15) is 0 Å². The molecule has 0 radical (unpaired) electrons. The molecule has 1 atom stereocenters. The number of nitriles is 1. The van der Waals surface area contributed by atoms with Crippen molar-refractivity contribution in [3.8, 4) is 6.07 Å². The Labute approximate surface area is 192 Å². The summed E-state index contributed by atoms with van der Waals surface area (Å²) in [6.45, 7) is 10.3. The Morgan fingerprint density at radius 3 is 2.16 bits per heavy atom. The monoisotopic (exact) mass is 454 g/mol. The number of carbonyl (C=O) groups excluding carboxylic acids is 2. The number of carbonyl (C=O) groups is 2. The first kappa shape index (κ1) is 25.6. The van der Waals surface area contributed by atoms with Crippen molar-refractivity contribution in [3.63, 3.8) is 0 Å². The first-order valence-corrected chi connectivity index (χ1v) is 14.0. The van der Waals surface area contributed by atoms with Gasteiger partial charge in [0.05, 0.1) is 0 Å². The molecule has 0 aromatic heterocycles. The minimum atomic E-state index is -2.28. The molecule has 0 saturated carbocycles. The van der Waals surface area contributed by atoms with E-state index in [2.05, 4.69) is 25.2 Å². The van der Waals surface area contributed by atoms with Crippen LogP contribution >= 0.6 is 7.26 Å². The van der Waals surface area contributed by atoms with Gasteiger partial charge in [-0.2, -0.15) is 0 Å². The van der Waals surface area contributed by atoms with Crippen LogP contribution in [0.2, 0.25) is 0 Å². The summed E-state index contributed by atoms with van der Waals surface area (Å²) in [6, 6.07) is 15.4. The standard InChI is InChI=1S/C26H35N2O3P/c1-6-23(26(30)28-25-19(4)14-22(16-27)15-20(25)5)32(7-2,8-3)18-24(29)31-17-21-12-10-9-11-13-21/h9-15,23,32H,6-8,17-18H2,1-5H3,(H,28,30). The van der Waals surface area contributed by atoms with E-state index >= 15 is 0 Å². The fraction of sp³-hybridized carbons (Fsp3) is 0.423. The van der Waals surface area contributed by atoms with Gasteiger partial charge in [-0.3, -0.25) is 0 Å². The van der Waals surface area contributed by atoms with Crippen molar-refractivity contribution < 1.29 is 14.3 Å². The summed E-state index contributed by atoms with van der Waals surface area (Å²) < 4.78 is 5.58. The van der Waals surface area contributed by atoms with E-state index in [-0.39, 0.29) is 24.1 Å². The SMILES string of the molecule is CCC(C(=O)Nc1c(C)cc(C#N)cc1C)[PH](CC)(CC)CC(=O)OCc1ccccc1. The van der Waals surface area contributed by atoms with Crippen LogP contribution in [0.1, 0.15) is 49.4 Å². The van der Waals surface area contributed by atoms with E-state index in [4.69, 9.17) is 4.74 Å². The third-order valence-electron chi connectivity index (χ3n) is 6.52. The molecule has 0 spiro atoms. The molecule has 32 heavy (non-hydrogen) atoms. The number of rotatable bonds is 10. The van der Waals surface area contributed by atoms with Crippen LogP contribution in [0.4, 0.5) is 5.69 Å². The van der Waals surface area contributed by atoms with Gasteiger partial charge in [-0.1, -0.05) is 0 Å². The summed E-state index contributed by atoms with van der Waals surface area (Å²) in [4.78, 5) is 26.2. The van der Waals surface area contributed by atoms with Gasteiger partial charge in [0, 0.05) is 0 Å². The van der Waals surface area contributed by atoms with E-state index in [0.717, 1.165) is 34.7 Å². The zero-order valence-corrected chi connectivity index (χ0v) is 20.8. The van der Waals surface area contributed by atoms with Crippen molar-refractivity contribution in [1.82, 2.24) is 0 Å². The van der Waals surface area contributed by atoms with Gasteiger partial charge in [0.15, 0.2) is 0 Å². The summed E-state index contributed by atoms with van der Waals surface area (Å²) in [7, 11) is -2.28. The molecule has 0 saturated heterocycles. The van der Waals surface area contributed by atoms with Crippen molar-refractivity contribution in [1.29, 1.82) is 5.26 Å². The summed E-state index contributed by atoms with van der Waals surface area (Å²) >= 11 is 0. The number of nitrogens with one attached hydrogen (secondary N) is 1. The Kier molecular flexibility index (Phi) is 9.42. The summed E-state index contributed by atoms with van der Waals surface area (Å²) in [6.07, 6.45) is 2.69. The molecule has 1 amide bonds. The van der Waals surface area contributed by atoms with Gasteiger partial charge in [0.25, 0.3) is 0 Å². The number of esters is 1. The number of aryl methyl sites for hydroxylation is 2. The normalized spacial score (nSPS) is 12.5. The molecule has 0 heterocycles. The fourth-order valence-corrected chi connectivity index (χ4v) is 8.93. The van der Waals surface area contributed by atoms with Gasteiger partial charge in [0.2, 0.25) is 0 Å². The molecule has 0 bridgehead atoms. The molecule has 6 heteroatoms. The van der Waals surface area contributed by atoms with Crippen LogP contribution in [-0.4, -0.2) is 36.0 Å². The van der Waals surface area contributed by atoms with Crippen molar-refractivity contribution in [3.05, 3.63) is 64.7 Å². The Balaban J connectivity index is 2.19. The van der Waals surface area contributed by atoms with Crippen LogP contribution in [0.3, 0.4) is 0 Å². The molecular weight excluding hydrogens is 419 g/mol. The van der Waals surface area contributed by atoms with Crippen molar-refractivity contribution in [2.45, 2.75) is 53.3 Å². The second-order valence-electron chi connectivity index (χ2n) is 8.44. The Bertz CT molecular complexity index is 955. The molecule has 2 aromatic rings. The summed E-state index contributed by atoms with van der Waals surface area (Å²) in [5, 5.41) is 12.3. The molecule has 0 aliphatic carbocycles. The molecule has 2 rings (SSSR count). The van der Waals surface area contributed by atoms with E-state index < -0.39 is 7.26 Å². The van der Waals surface area contributed by atoms with Crippen LogP contribution in [0, 0.1) is 25.2 Å². The second kappa shape index (κ2) is 11.8. The van der Waals surface area contributed by atoms with Crippen molar-refractivity contribution >= 4 is 24.8 Å². The van der Waals surface area contributed by atoms with Crippen molar-refractivity contribution in [2.24, 2.45) is 0 Å². The third-order valence-corrected chi connectivity index (χ3v) is 12.5. The van der Waals surface area contributed by atoms with Gasteiger partial charge in [-0.25, -0.2) is 0 Å². The number of hydrogen-bond acceptors (Lipinski definition) is 4. The predicted octanol–water partition coefficient (Wildman–Crippen LogP) is 5.43. The van der Waals surface area contributed by atoms with Gasteiger partial charge < -0.3 is 0 Å². The first-order valence-electron chi connectivity index (χ1n) is 11.3. The molecule has 0 aliphatic heterocycles. The minimum absolute atomic E-state index is 0.0327. The number of benzene rings is 2. The van der Waals surface area contributed by atoms with E-state index in [9.17, 15) is 14.9 Å². The average Bonchev–Trinajstić information content (AvgIpc) is 2.80. The topological polar surface area (TPSA) is 79.2 Å². The molecule has 5 nitrogen and oxygen atoms in total. The second-order valence-corrected chi connectivity index (χ2v) is 13.6. The number of amides is 1. The van der Waals surface area contributed by atoms with E-state index in [1.54, 1.807) is 12.1 Å². The van der Waals surface area contributed by atoms with Crippen LogP contribution < -0.4 is 5.32 Å². The van der Waals surface area contributed by atoms with Crippen LogP contribution in [0.5, 0.6) is 0 Å². The van der Waals surface area contributed by atoms with Gasteiger partial charge >= 0.3 is 192 Å². The van der Waals surface area contributed by atoms with Gasteiger partial charge in [-0.05, 0) is 0 Å². The fourth-order valence-electron chi connectivity index (χ4n) is 4.52. The predicted molar refractivity (Wildman–Crippen MR) is 134 cm³/mol. The zero-order chi connectivity index (χ0) is 23.7. The van der Waals surface area contributed by atoms with Crippen molar-refractivity contribution in [2.75, 3.05) is 23.8 Å². The molecule has 1 N–H and O–H groups in total. The molecule has 172 valence electrons. The molecule has 0 aliphatic rings. The molecule has 0 fully saturated rings.